The number of hydrogen-bond acceptors (Lipinski definition) is 4. The summed E-state index contributed by atoms with van der Waals surface area (Å²) in [7, 11) is 1.70. The van der Waals surface area contributed by atoms with Gasteiger partial charge in [0.05, 0.1) is 7.11 Å². The summed E-state index contributed by atoms with van der Waals surface area (Å²) in [5.41, 5.74) is 1.38. The zero-order valence-electron chi connectivity index (χ0n) is 19.7. The van der Waals surface area contributed by atoms with Crippen LogP contribution in [0.25, 0.3) is 0 Å². The van der Waals surface area contributed by atoms with Gasteiger partial charge in [-0.2, -0.15) is 0 Å². The molecule has 31 heavy (non-hydrogen) atoms. The fourth-order valence-electron chi connectivity index (χ4n) is 4.26. The molecule has 1 aromatic carbocycles. The van der Waals surface area contributed by atoms with Crippen molar-refractivity contribution in [3.63, 3.8) is 0 Å². The molecule has 0 radical (unpaired) electrons. The molecule has 7 heteroatoms. The van der Waals surface area contributed by atoms with Gasteiger partial charge in [-0.05, 0) is 62.1 Å². The van der Waals surface area contributed by atoms with Gasteiger partial charge in [-0.1, -0.05) is 26.0 Å². The van der Waals surface area contributed by atoms with Gasteiger partial charge in [0.2, 0.25) is 0 Å². The van der Waals surface area contributed by atoms with Crippen LogP contribution in [0, 0.1) is 5.41 Å². The number of halogens is 1. The summed E-state index contributed by atoms with van der Waals surface area (Å²) in [5, 5.41) is 16.5. The van der Waals surface area contributed by atoms with Crippen molar-refractivity contribution in [2.45, 2.75) is 58.3 Å². The summed E-state index contributed by atoms with van der Waals surface area (Å²) in [4.78, 5) is 4.91. The second-order valence-corrected chi connectivity index (χ2v) is 8.35. The Morgan fingerprint density at radius 3 is 2.29 bits per heavy atom. The van der Waals surface area contributed by atoms with Crippen molar-refractivity contribution >= 4 is 29.9 Å². The van der Waals surface area contributed by atoms with E-state index in [-0.39, 0.29) is 41.4 Å². The van der Waals surface area contributed by atoms with E-state index in [1.54, 1.807) is 7.11 Å². The third kappa shape index (κ3) is 7.79. The molecule has 1 fully saturated rings. The Kier molecular flexibility index (Phi) is 12.8. The van der Waals surface area contributed by atoms with E-state index in [4.69, 9.17) is 14.5 Å². The van der Waals surface area contributed by atoms with E-state index >= 15 is 0 Å². The number of aliphatic hydroxyl groups excluding tert-OH is 1. The molecule has 1 aliphatic rings. The Bertz CT molecular complexity index is 642. The Balaban J connectivity index is 0.00000480. The summed E-state index contributed by atoms with van der Waals surface area (Å²) >= 11 is 0. The largest absolute Gasteiger partial charge is 0.497 e. The molecule has 3 N–H and O–H groups in total. The van der Waals surface area contributed by atoms with Gasteiger partial charge in [0.1, 0.15) is 5.75 Å². The van der Waals surface area contributed by atoms with Gasteiger partial charge < -0.3 is 25.2 Å². The van der Waals surface area contributed by atoms with E-state index in [1.165, 1.54) is 5.56 Å². The van der Waals surface area contributed by atoms with Gasteiger partial charge in [-0.3, -0.25) is 4.99 Å². The van der Waals surface area contributed by atoms with Crippen molar-refractivity contribution in [2.75, 3.05) is 46.6 Å². The van der Waals surface area contributed by atoms with Crippen LogP contribution in [0.5, 0.6) is 5.75 Å². The van der Waals surface area contributed by atoms with E-state index in [1.807, 2.05) is 12.1 Å². The molecule has 0 spiro atoms. The number of rotatable bonds is 11. The number of ether oxygens (including phenoxy) is 2. The molecule has 0 aliphatic carbocycles. The molecule has 0 bridgehead atoms. The van der Waals surface area contributed by atoms with Crippen molar-refractivity contribution in [3.05, 3.63) is 29.8 Å². The Morgan fingerprint density at radius 1 is 1.13 bits per heavy atom. The lowest BCUT2D eigenvalue weighted by molar-refractivity contribution is 0.0513. The van der Waals surface area contributed by atoms with Crippen LogP contribution in [0.15, 0.2) is 29.3 Å². The smallest absolute Gasteiger partial charge is 0.191 e. The first kappa shape index (κ1) is 28.0. The van der Waals surface area contributed by atoms with Crippen LogP contribution < -0.4 is 15.4 Å². The molecule has 1 aromatic rings. The SMILES string of the molecule is CCNC(=NCC(CC)(CC)CCO)NCC1(c2ccc(OC)cc2)CCOCC1.I. The second-order valence-electron chi connectivity index (χ2n) is 8.35. The van der Waals surface area contributed by atoms with Crippen molar-refractivity contribution in [1.82, 2.24) is 10.6 Å². The minimum absolute atomic E-state index is 0. The van der Waals surface area contributed by atoms with E-state index in [9.17, 15) is 5.11 Å². The molecule has 0 saturated carbocycles. The number of guanidine groups is 1. The van der Waals surface area contributed by atoms with Gasteiger partial charge in [0.15, 0.2) is 5.96 Å². The minimum atomic E-state index is 0. The number of nitrogens with one attached hydrogen (secondary N) is 2. The summed E-state index contributed by atoms with van der Waals surface area (Å²) in [6.45, 7) is 10.6. The number of methoxy groups -OCH3 is 1. The summed E-state index contributed by atoms with van der Waals surface area (Å²) < 4.78 is 11.0. The topological polar surface area (TPSA) is 75.1 Å². The van der Waals surface area contributed by atoms with Gasteiger partial charge in [-0.15, -0.1) is 24.0 Å². The van der Waals surface area contributed by atoms with Gasteiger partial charge in [-0.25, -0.2) is 0 Å². The predicted molar refractivity (Wildman–Crippen MR) is 139 cm³/mol. The number of benzene rings is 1. The Hall–Kier alpha value is -1.06. The van der Waals surface area contributed by atoms with Crippen LogP contribution in [0.4, 0.5) is 0 Å². The highest BCUT2D eigenvalue weighted by Gasteiger charge is 2.35. The maximum atomic E-state index is 9.50. The van der Waals surface area contributed by atoms with Crippen LogP contribution in [0.2, 0.25) is 0 Å². The molecule has 2 rings (SSSR count). The molecule has 178 valence electrons. The van der Waals surface area contributed by atoms with Crippen molar-refractivity contribution in [3.8, 4) is 5.75 Å². The molecule has 1 aliphatic heterocycles. The number of nitrogens with zero attached hydrogens (tertiary/aromatic N) is 1. The van der Waals surface area contributed by atoms with Crippen molar-refractivity contribution < 1.29 is 14.6 Å². The van der Waals surface area contributed by atoms with Gasteiger partial charge in [0, 0.05) is 44.9 Å². The minimum Gasteiger partial charge on any atom is -0.497 e. The number of aliphatic hydroxyl groups is 1. The average Bonchev–Trinajstić information content (AvgIpc) is 2.80. The molecule has 0 unspecified atom stereocenters. The van der Waals surface area contributed by atoms with Crippen LogP contribution in [0.3, 0.4) is 0 Å². The summed E-state index contributed by atoms with van der Waals surface area (Å²) in [5.74, 6) is 1.73. The molecule has 0 amide bonds. The Labute approximate surface area is 205 Å². The van der Waals surface area contributed by atoms with Crippen LogP contribution in [0.1, 0.15) is 58.4 Å². The first-order chi connectivity index (χ1) is 14.6. The fourth-order valence-corrected chi connectivity index (χ4v) is 4.26. The summed E-state index contributed by atoms with van der Waals surface area (Å²) in [6.07, 6.45) is 4.77. The zero-order chi connectivity index (χ0) is 21.9. The van der Waals surface area contributed by atoms with Crippen molar-refractivity contribution in [1.29, 1.82) is 0 Å². The highest BCUT2D eigenvalue weighted by Crippen LogP contribution is 2.35. The molecule has 0 aromatic heterocycles. The first-order valence-corrected chi connectivity index (χ1v) is 11.4. The van der Waals surface area contributed by atoms with Crippen LogP contribution in [-0.4, -0.2) is 57.6 Å². The molecule has 6 nitrogen and oxygen atoms in total. The van der Waals surface area contributed by atoms with E-state index < -0.39 is 0 Å². The molecule has 1 saturated heterocycles. The number of hydrogen-bond donors (Lipinski definition) is 3. The van der Waals surface area contributed by atoms with E-state index in [0.29, 0.717) is 6.54 Å². The fraction of sp³-hybridized carbons (Fsp3) is 0.708. The van der Waals surface area contributed by atoms with E-state index in [2.05, 4.69) is 43.5 Å². The van der Waals surface area contributed by atoms with Crippen LogP contribution in [-0.2, 0) is 10.2 Å². The maximum absolute atomic E-state index is 9.50. The summed E-state index contributed by atoms with van der Waals surface area (Å²) in [6, 6.07) is 8.43. The second kappa shape index (κ2) is 14.2. The molecule has 1 heterocycles. The standard InChI is InChI=1S/C24H41N3O3.HI/c1-5-23(6-2,12-15-28)18-26-22(25-7-3)27-19-24(13-16-30-17-14-24)20-8-10-21(29-4)11-9-20;/h8-11,28H,5-7,12-19H2,1-4H3,(H2,25,26,27);1H. The third-order valence-corrected chi connectivity index (χ3v) is 6.81. The normalized spacial score (nSPS) is 16.4. The maximum Gasteiger partial charge on any atom is 0.191 e. The lowest BCUT2D eigenvalue weighted by Gasteiger charge is -2.38. The van der Waals surface area contributed by atoms with Gasteiger partial charge >= 0.3 is 0 Å². The zero-order valence-corrected chi connectivity index (χ0v) is 22.0. The molecular formula is C24H42IN3O3. The van der Waals surface area contributed by atoms with E-state index in [0.717, 1.165) is 70.1 Å². The van der Waals surface area contributed by atoms with Crippen LogP contribution >= 0.6 is 24.0 Å². The highest BCUT2D eigenvalue weighted by molar-refractivity contribution is 14.0. The lowest BCUT2D eigenvalue weighted by Crippen LogP contribution is -2.48. The Morgan fingerprint density at radius 2 is 1.77 bits per heavy atom. The predicted octanol–water partition coefficient (Wildman–Crippen LogP) is 4.11. The quantitative estimate of drug-likeness (QED) is 0.221. The first-order valence-electron chi connectivity index (χ1n) is 11.4. The molecular weight excluding hydrogens is 505 g/mol. The van der Waals surface area contributed by atoms with Gasteiger partial charge in [0.25, 0.3) is 0 Å². The molecule has 0 atom stereocenters. The third-order valence-electron chi connectivity index (χ3n) is 6.81. The number of aliphatic imine (C=N–C) groups is 1. The average molecular weight is 548 g/mol. The monoisotopic (exact) mass is 547 g/mol. The lowest BCUT2D eigenvalue weighted by atomic mass is 9.74. The van der Waals surface area contributed by atoms with Crippen molar-refractivity contribution in [2.24, 2.45) is 10.4 Å². The highest BCUT2D eigenvalue weighted by atomic mass is 127.